The lowest BCUT2D eigenvalue weighted by Crippen LogP contribution is -2.47. The number of hydrazone groups is 1. The fraction of sp³-hybridized carbons (Fsp3) is 0.367. The maximum atomic E-state index is 13.9. The van der Waals surface area contributed by atoms with Gasteiger partial charge in [-0.3, -0.25) is 9.69 Å². The summed E-state index contributed by atoms with van der Waals surface area (Å²) < 4.78 is 12.9. The van der Waals surface area contributed by atoms with Gasteiger partial charge in [-0.25, -0.2) is 9.80 Å². The SMILES string of the molecule is COc1ccccc1NC(=O)N(CCN1CCOCC1)CC(=O)N1N=C(c2cccn2C)C[C@H]1c1ccccc1. The quantitative estimate of drug-likeness (QED) is 0.445. The van der Waals surface area contributed by atoms with Crippen LogP contribution in [0.1, 0.15) is 23.7 Å². The molecule has 0 saturated carbocycles. The Morgan fingerprint density at radius 1 is 1.05 bits per heavy atom. The van der Waals surface area contributed by atoms with Crippen molar-refractivity contribution in [2.45, 2.75) is 12.5 Å². The number of para-hydroxylation sites is 2. The summed E-state index contributed by atoms with van der Waals surface area (Å²) in [6, 6.07) is 20.5. The average Bonchev–Trinajstić information content (AvgIpc) is 3.63. The van der Waals surface area contributed by atoms with Crippen molar-refractivity contribution in [3.05, 3.63) is 84.2 Å². The van der Waals surface area contributed by atoms with Gasteiger partial charge < -0.3 is 24.3 Å². The number of aryl methyl sites for hydroxylation is 1. The maximum absolute atomic E-state index is 13.9. The van der Waals surface area contributed by atoms with Gasteiger partial charge in [-0.1, -0.05) is 42.5 Å². The zero-order valence-electron chi connectivity index (χ0n) is 23.0. The number of hydrogen-bond donors (Lipinski definition) is 1. The molecule has 210 valence electrons. The standard InChI is InChI=1S/C30H36N6O4/c1-33-14-8-12-26(33)25-21-27(23-9-4-3-5-10-23)36(32-25)29(37)22-35(16-15-34-17-19-40-20-18-34)30(38)31-24-11-6-7-13-28(24)39-2/h3-14,27H,15-22H2,1-2H3,(H,31,38)/t27-/m0/s1. The minimum atomic E-state index is -0.367. The highest BCUT2D eigenvalue weighted by molar-refractivity contribution is 6.02. The summed E-state index contributed by atoms with van der Waals surface area (Å²) in [5.41, 5.74) is 3.36. The number of benzene rings is 2. The van der Waals surface area contributed by atoms with Crippen molar-refractivity contribution in [3.8, 4) is 5.75 Å². The second-order valence-corrected chi connectivity index (χ2v) is 9.93. The van der Waals surface area contributed by atoms with Crippen LogP contribution in [0.5, 0.6) is 5.75 Å². The Hall–Kier alpha value is -4.15. The molecule has 0 unspecified atom stereocenters. The second kappa shape index (κ2) is 12.8. The Balaban J connectivity index is 1.38. The molecule has 1 saturated heterocycles. The van der Waals surface area contributed by atoms with Crippen molar-refractivity contribution in [1.82, 2.24) is 19.4 Å². The highest BCUT2D eigenvalue weighted by Gasteiger charge is 2.35. The van der Waals surface area contributed by atoms with Gasteiger partial charge in [-0.15, -0.1) is 0 Å². The van der Waals surface area contributed by atoms with Gasteiger partial charge in [0.15, 0.2) is 0 Å². The molecule has 10 heteroatoms. The molecule has 3 heterocycles. The van der Waals surface area contributed by atoms with Crippen LogP contribution >= 0.6 is 0 Å². The van der Waals surface area contributed by atoms with E-state index in [9.17, 15) is 9.59 Å². The number of amides is 3. The molecule has 0 bridgehead atoms. The average molecular weight is 545 g/mol. The van der Waals surface area contributed by atoms with E-state index in [0.717, 1.165) is 30.1 Å². The van der Waals surface area contributed by atoms with Crippen molar-refractivity contribution in [2.75, 3.05) is 58.4 Å². The molecular formula is C30H36N6O4. The molecule has 1 N–H and O–H groups in total. The van der Waals surface area contributed by atoms with Crippen LogP contribution in [0.4, 0.5) is 10.5 Å². The van der Waals surface area contributed by atoms with E-state index in [1.807, 2.05) is 72.4 Å². The van der Waals surface area contributed by atoms with Crippen molar-refractivity contribution in [3.63, 3.8) is 0 Å². The van der Waals surface area contributed by atoms with Crippen LogP contribution in [0.2, 0.25) is 0 Å². The first-order chi connectivity index (χ1) is 19.5. The fourth-order valence-electron chi connectivity index (χ4n) is 5.11. The van der Waals surface area contributed by atoms with Crippen molar-refractivity contribution in [2.24, 2.45) is 12.1 Å². The molecule has 1 atom stereocenters. The molecule has 0 aliphatic carbocycles. The molecular weight excluding hydrogens is 508 g/mol. The van der Waals surface area contributed by atoms with Crippen molar-refractivity contribution < 1.29 is 19.1 Å². The number of carbonyl (C=O) groups is 2. The third-order valence-corrected chi connectivity index (χ3v) is 7.34. The van der Waals surface area contributed by atoms with Crippen LogP contribution in [-0.4, -0.2) is 90.1 Å². The number of nitrogens with zero attached hydrogens (tertiary/aromatic N) is 5. The van der Waals surface area contributed by atoms with Crippen LogP contribution < -0.4 is 10.1 Å². The van der Waals surface area contributed by atoms with Gasteiger partial charge >= 0.3 is 6.03 Å². The zero-order chi connectivity index (χ0) is 27.9. The summed E-state index contributed by atoms with van der Waals surface area (Å²) in [5, 5.41) is 9.28. The Kier molecular flexibility index (Phi) is 8.78. The highest BCUT2D eigenvalue weighted by Crippen LogP contribution is 2.33. The molecule has 1 aromatic heterocycles. The minimum Gasteiger partial charge on any atom is -0.495 e. The molecule has 3 aromatic rings. The molecule has 2 aliphatic rings. The van der Waals surface area contributed by atoms with Crippen LogP contribution in [0.3, 0.4) is 0 Å². The lowest BCUT2D eigenvalue weighted by Gasteiger charge is -2.31. The number of methoxy groups -OCH3 is 1. The summed E-state index contributed by atoms with van der Waals surface area (Å²) in [6.07, 6.45) is 2.56. The number of rotatable bonds is 9. The highest BCUT2D eigenvalue weighted by atomic mass is 16.5. The van der Waals surface area contributed by atoms with Gasteiger partial charge in [0.2, 0.25) is 0 Å². The number of ether oxygens (including phenoxy) is 2. The van der Waals surface area contributed by atoms with Gasteiger partial charge in [0.05, 0.1) is 43.5 Å². The lowest BCUT2D eigenvalue weighted by molar-refractivity contribution is -0.133. The number of carbonyl (C=O) groups excluding carboxylic acids is 2. The molecule has 1 fully saturated rings. The molecule has 40 heavy (non-hydrogen) atoms. The van der Waals surface area contributed by atoms with Crippen molar-refractivity contribution >= 4 is 23.3 Å². The number of aromatic nitrogens is 1. The first kappa shape index (κ1) is 27.4. The van der Waals surface area contributed by atoms with Gasteiger partial charge in [-0.05, 0) is 29.8 Å². The molecule has 3 amide bonds. The summed E-state index contributed by atoms with van der Waals surface area (Å²) >= 11 is 0. The molecule has 0 spiro atoms. The largest absolute Gasteiger partial charge is 0.495 e. The minimum absolute atomic E-state index is 0.113. The zero-order valence-corrected chi connectivity index (χ0v) is 23.0. The third-order valence-electron chi connectivity index (χ3n) is 7.34. The van der Waals surface area contributed by atoms with E-state index < -0.39 is 0 Å². The second-order valence-electron chi connectivity index (χ2n) is 9.93. The maximum Gasteiger partial charge on any atom is 0.322 e. The normalized spacial score (nSPS) is 17.4. The smallest absolute Gasteiger partial charge is 0.322 e. The predicted molar refractivity (Wildman–Crippen MR) is 153 cm³/mol. The predicted octanol–water partition coefficient (Wildman–Crippen LogP) is 3.58. The molecule has 2 aromatic carbocycles. The van der Waals surface area contributed by atoms with E-state index in [2.05, 4.69) is 10.2 Å². The van der Waals surface area contributed by atoms with E-state index in [-0.39, 0.29) is 24.5 Å². The Morgan fingerprint density at radius 3 is 2.52 bits per heavy atom. The number of morpholine rings is 1. The monoisotopic (exact) mass is 544 g/mol. The number of anilines is 1. The van der Waals surface area contributed by atoms with Crippen LogP contribution in [0, 0.1) is 0 Å². The topological polar surface area (TPSA) is 91.6 Å². The van der Waals surface area contributed by atoms with Crippen molar-refractivity contribution in [1.29, 1.82) is 0 Å². The Bertz CT molecular complexity index is 1330. The van der Waals surface area contributed by atoms with Gasteiger partial charge in [0.1, 0.15) is 12.3 Å². The third kappa shape index (κ3) is 6.35. The molecule has 0 radical (unpaired) electrons. The molecule has 10 nitrogen and oxygen atoms in total. The number of nitrogens with one attached hydrogen (secondary N) is 1. The first-order valence-corrected chi connectivity index (χ1v) is 13.6. The Morgan fingerprint density at radius 2 is 1.80 bits per heavy atom. The first-order valence-electron chi connectivity index (χ1n) is 13.6. The van der Waals surface area contributed by atoms with Crippen LogP contribution in [0.25, 0.3) is 0 Å². The van der Waals surface area contributed by atoms with Gasteiger partial charge in [0.25, 0.3) is 5.91 Å². The van der Waals surface area contributed by atoms with E-state index in [1.165, 1.54) is 0 Å². The van der Waals surface area contributed by atoms with E-state index >= 15 is 0 Å². The fourth-order valence-corrected chi connectivity index (χ4v) is 5.11. The molecule has 2 aliphatic heterocycles. The van der Waals surface area contributed by atoms with Gasteiger partial charge in [0, 0.05) is 45.8 Å². The van der Waals surface area contributed by atoms with Crippen LogP contribution in [0.15, 0.2) is 78.0 Å². The summed E-state index contributed by atoms with van der Waals surface area (Å²) in [6.45, 7) is 3.81. The number of hydrogen-bond acceptors (Lipinski definition) is 6. The van der Waals surface area contributed by atoms with E-state index in [1.54, 1.807) is 29.2 Å². The summed E-state index contributed by atoms with van der Waals surface area (Å²) in [7, 11) is 3.53. The summed E-state index contributed by atoms with van der Waals surface area (Å²) in [5.74, 6) is 0.311. The van der Waals surface area contributed by atoms with E-state index in [4.69, 9.17) is 14.6 Å². The molecule has 5 rings (SSSR count). The lowest BCUT2D eigenvalue weighted by atomic mass is 10.0. The van der Waals surface area contributed by atoms with Gasteiger partial charge in [-0.2, -0.15) is 5.10 Å². The van der Waals surface area contributed by atoms with Crippen LogP contribution in [-0.2, 0) is 16.6 Å². The summed E-state index contributed by atoms with van der Waals surface area (Å²) in [4.78, 5) is 31.3. The van der Waals surface area contributed by atoms with E-state index in [0.29, 0.717) is 44.2 Å². The number of urea groups is 1. The Labute approximate surface area is 234 Å².